The summed E-state index contributed by atoms with van der Waals surface area (Å²) >= 11 is 3.45. The molecular weight excluding hydrogens is 296 g/mol. The third kappa shape index (κ3) is 3.99. The van der Waals surface area contributed by atoms with E-state index >= 15 is 0 Å². The van der Waals surface area contributed by atoms with E-state index < -0.39 is 6.10 Å². The van der Waals surface area contributed by atoms with Gasteiger partial charge in [-0.15, -0.1) is 0 Å². The predicted octanol–water partition coefficient (Wildman–Crippen LogP) is 2.02. The van der Waals surface area contributed by atoms with Crippen LogP contribution in [0.4, 0.5) is 0 Å². The summed E-state index contributed by atoms with van der Waals surface area (Å²) in [7, 11) is 5.33. The van der Waals surface area contributed by atoms with Crippen LogP contribution >= 0.6 is 15.9 Å². The second-order valence-corrected chi connectivity index (χ2v) is 5.14. The molecule has 0 aromatic heterocycles. The minimum absolute atomic E-state index is 0.0544. The molecule has 0 aliphatic rings. The van der Waals surface area contributed by atoms with Gasteiger partial charge in [0, 0.05) is 20.6 Å². The monoisotopic (exact) mass is 314 g/mol. The second kappa shape index (κ2) is 6.75. The molecule has 1 aromatic rings. The van der Waals surface area contributed by atoms with E-state index in [0.29, 0.717) is 5.75 Å². The Hall–Kier alpha value is -1.07. The van der Waals surface area contributed by atoms with Gasteiger partial charge in [-0.05, 0) is 47.6 Å². The summed E-state index contributed by atoms with van der Waals surface area (Å²) in [4.78, 5) is 13.2. The van der Waals surface area contributed by atoms with Crippen LogP contribution < -0.4 is 10.1 Å². The van der Waals surface area contributed by atoms with Gasteiger partial charge in [-0.3, -0.25) is 4.79 Å². The number of benzene rings is 1. The van der Waals surface area contributed by atoms with Crippen molar-refractivity contribution in [1.29, 1.82) is 0 Å². The molecule has 0 bridgehead atoms. The van der Waals surface area contributed by atoms with Crippen molar-refractivity contribution in [3.63, 3.8) is 0 Å². The van der Waals surface area contributed by atoms with Crippen molar-refractivity contribution in [1.82, 2.24) is 10.2 Å². The Morgan fingerprint density at radius 1 is 1.50 bits per heavy atom. The molecule has 0 spiro atoms. The first-order chi connectivity index (χ1) is 8.45. The molecule has 1 unspecified atom stereocenters. The molecule has 0 radical (unpaired) electrons. The topological polar surface area (TPSA) is 41.6 Å². The molecule has 18 heavy (non-hydrogen) atoms. The lowest BCUT2D eigenvalue weighted by atomic mass is 10.2. The van der Waals surface area contributed by atoms with Crippen LogP contribution in [-0.4, -0.2) is 38.1 Å². The van der Waals surface area contributed by atoms with E-state index in [4.69, 9.17) is 4.74 Å². The standard InChI is InChI=1S/C13H19BrN2O2/c1-9(13(17)16(3)4)18-12-6-5-10(8-15-2)7-11(12)14/h5-7,9,15H,8H2,1-4H3. The highest BCUT2D eigenvalue weighted by Crippen LogP contribution is 2.27. The zero-order valence-corrected chi connectivity index (χ0v) is 12.7. The van der Waals surface area contributed by atoms with Crippen LogP contribution in [0.5, 0.6) is 5.75 Å². The molecule has 1 N–H and O–H groups in total. The molecule has 4 nitrogen and oxygen atoms in total. The van der Waals surface area contributed by atoms with Crippen LogP contribution in [0.3, 0.4) is 0 Å². The van der Waals surface area contributed by atoms with Crippen molar-refractivity contribution in [2.75, 3.05) is 21.1 Å². The lowest BCUT2D eigenvalue weighted by Gasteiger charge is -2.19. The van der Waals surface area contributed by atoms with Crippen LogP contribution in [0.15, 0.2) is 22.7 Å². The molecule has 100 valence electrons. The van der Waals surface area contributed by atoms with E-state index in [1.54, 1.807) is 21.0 Å². The minimum Gasteiger partial charge on any atom is -0.480 e. The number of nitrogens with one attached hydrogen (secondary N) is 1. The highest BCUT2D eigenvalue weighted by molar-refractivity contribution is 9.10. The van der Waals surface area contributed by atoms with Crippen LogP contribution in [0, 0.1) is 0 Å². The number of hydrogen-bond donors (Lipinski definition) is 1. The van der Waals surface area contributed by atoms with Gasteiger partial charge in [-0.2, -0.15) is 0 Å². The van der Waals surface area contributed by atoms with Crippen molar-refractivity contribution >= 4 is 21.8 Å². The third-order valence-electron chi connectivity index (χ3n) is 2.47. The molecule has 1 amide bonds. The van der Waals surface area contributed by atoms with Crippen LogP contribution in [-0.2, 0) is 11.3 Å². The van der Waals surface area contributed by atoms with Crippen molar-refractivity contribution in [2.24, 2.45) is 0 Å². The summed E-state index contributed by atoms with van der Waals surface area (Å²) in [6.07, 6.45) is -0.494. The minimum atomic E-state index is -0.494. The van der Waals surface area contributed by atoms with Crippen molar-refractivity contribution in [3.05, 3.63) is 28.2 Å². The van der Waals surface area contributed by atoms with Crippen LogP contribution in [0.2, 0.25) is 0 Å². The average Bonchev–Trinajstić information content (AvgIpc) is 2.31. The SMILES string of the molecule is CNCc1ccc(OC(C)C(=O)N(C)C)c(Br)c1. The largest absolute Gasteiger partial charge is 0.480 e. The molecule has 1 rings (SSSR count). The Bertz CT molecular complexity index is 421. The third-order valence-corrected chi connectivity index (χ3v) is 3.09. The number of hydrogen-bond acceptors (Lipinski definition) is 3. The first-order valence-corrected chi connectivity index (χ1v) is 6.56. The molecule has 0 aliphatic carbocycles. The number of carbonyl (C=O) groups is 1. The van der Waals surface area contributed by atoms with E-state index in [0.717, 1.165) is 16.6 Å². The van der Waals surface area contributed by atoms with Crippen LogP contribution in [0.25, 0.3) is 0 Å². The number of amides is 1. The van der Waals surface area contributed by atoms with Gasteiger partial charge >= 0.3 is 0 Å². The maximum absolute atomic E-state index is 11.7. The zero-order valence-electron chi connectivity index (χ0n) is 11.2. The van der Waals surface area contributed by atoms with Crippen molar-refractivity contribution in [2.45, 2.75) is 19.6 Å². The summed E-state index contributed by atoms with van der Waals surface area (Å²) in [5.41, 5.74) is 1.16. The Morgan fingerprint density at radius 3 is 2.67 bits per heavy atom. The summed E-state index contributed by atoms with van der Waals surface area (Å²) in [5, 5.41) is 3.08. The first kappa shape index (κ1) is 15.0. The fourth-order valence-electron chi connectivity index (χ4n) is 1.56. The number of ether oxygens (including phenoxy) is 1. The highest BCUT2D eigenvalue weighted by atomic mass is 79.9. The molecule has 0 saturated heterocycles. The molecule has 0 saturated carbocycles. The number of nitrogens with zero attached hydrogens (tertiary/aromatic N) is 1. The maximum Gasteiger partial charge on any atom is 0.262 e. The van der Waals surface area contributed by atoms with E-state index in [9.17, 15) is 4.79 Å². The lowest BCUT2D eigenvalue weighted by molar-refractivity contribution is -0.135. The first-order valence-electron chi connectivity index (χ1n) is 5.76. The summed E-state index contributed by atoms with van der Waals surface area (Å²) in [6.45, 7) is 2.54. The molecule has 1 atom stereocenters. The van der Waals surface area contributed by atoms with Gasteiger partial charge in [-0.1, -0.05) is 6.07 Å². The molecular formula is C13H19BrN2O2. The molecule has 0 aliphatic heterocycles. The summed E-state index contributed by atoms with van der Waals surface area (Å²) in [6, 6.07) is 5.83. The van der Waals surface area contributed by atoms with Crippen molar-refractivity contribution < 1.29 is 9.53 Å². The fourth-order valence-corrected chi connectivity index (χ4v) is 2.08. The summed E-state index contributed by atoms with van der Waals surface area (Å²) < 4.78 is 6.50. The number of likely N-dealkylation sites (N-methyl/N-ethyl adjacent to an activating group) is 1. The van der Waals surface area contributed by atoms with E-state index in [2.05, 4.69) is 21.2 Å². The smallest absolute Gasteiger partial charge is 0.262 e. The Morgan fingerprint density at radius 2 is 2.17 bits per heavy atom. The average molecular weight is 315 g/mol. The van der Waals surface area contributed by atoms with E-state index in [1.165, 1.54) is 4.90 Å². The normalized spacial score (nSPS) is 12.1. The van der Waals surface area contributed by atoms with Gasteiger partial charge < -0.3 is 15.0 Å². The fraction of sp³-hybridized carbons (Fsp3) is 0.462. The van der Waals surface area contributed by atoms with Gasteiger partial charge in [0.15, 0.2) is 6.10 Å². The maximum atomic E-state index is 11.7. The number of halogens is 1. The Balaban J connectivity index is 2.76. The predicted molar refractivity (Wildman–Crippen MR) is 75.7 cm³/mol. The highest BCUT2D eigenvalue weighted by Gasteiger charge is 2.17. The van der Waals surface area contributed by atoms with Crippen LogP contribution in [0.1, 0.15) is 12.5 Å². The molecule has 0 fully saturated rings. The zero-order chi connectivity index (χ0) is 13.7. The van der Waals surface area contributed by atoms with Gasteiger partial charge in [-0.25, -0.2) is 0 Å². The van der Waals surface area contributed by atoms with Gasteiger partial charge in [0.05, 0.1) is 4.47 Å². The quantitative estimate of drug-likeness (QED) is 0.904. The molecule has 1 aromatic carbocycles. The number of carbonyl (C=O) groups excluding carboxylic acids is 1. The second-order valence-electron chi connectivity index (χ2n) is 4.29. The van der Waals surface area contributed by atoms with Gasteiger partial charge in [0.1, 0.15) is 5.75 Å². The lowest BCUT2D eigenvalue weighted by Crippen LogP contribution is -2.35. The van der Waals surface area contributed by atoms with E-state index in [-0.39, 0.29) is 5.91 Å². The van der Waals surface area contributed by atoms with Gasteiger partial charge in [0.2, 0.25) is 0 Å². The molecule has 5 heteroatoms. The van der Waals surface area contributed by atoms with Crippen molar-refractivity contribution in [3.8, 4) is 5.75 Å². The Labute approximate surface area is 116 Å². The molecule has 0 heterocycles. The summed E-state index contributed by atoms with van der Waals surface area (Å²) in [5.74, 6) is 0.624. The van der Waals surface area contributed by atoms with Gasteiger partial charge in [0.25, 0.3) is 5.91 Å². The number of rotatable bonds is 5. The Kier molecular flexibility index (Phi) is 5.62. The van der Waals surface area contributed by atoms with E-state index in [1.807, 2.05) is 25.2 Å².